The number of hydrogen-bond donors (Lipinski definition) is 2. The van der Waals surface area contributed by atoms with Crippen molar-refractivity contribution in [3.8, 4) is 0 Å². The molecule has 0 aromatic carbocycles. The van der Waals surface area contributed by atoms with Gasteiger partial charge < -0.3 is 5.11 Å². The molecule has 1 atom stereocenters. The van der Waals surface area contributed by atoms with Gasteiger partial charge in [0.2, 0.25) is 0 Å². The summed E-state index contributed by atoms with van der Waals surface area (Å²) in [7, 11) is 0. The standard InChI is InChI=1S/C5H10INO2S/c1-10-3-2-4(7-6)5(8)9/h4,7H,2-3H2,1H3,(H,8,9)/t4-/m1/s1. The number of rotatable bonds is 5. The normalized spacial score (nSPS) is 13.0. The number of carboxylic acids is 1. The van der Waals surface area contributed by atoms with Gasteiger partial charge in [0.15, 0.2) is 0 Å². The fraction of sp³-hybridized carbons (Fsp3) is 0.800. The number of thioether (sulfide) groups is 1. The molecule has 0 saturated carbocycles. The van der Waals surface area contributed by atoms with Crippen LogP contribution in [0.1, 0.15) is 6.42 Å². The summed E-state index contributed by atoms with van der Waals surface area (Å²) in [5.74, 6) is 0.107. The lowest BCUT2D eigenvalue weighted by atomic mass is 10.2. The van der Waals surface area contributed by atoms with Gasteiger partial charge in [0, 0.05) is 22.9 Å². The molecule has 0 radical (unpaired) electrons. The summed E-state index contributed by atoms with van der Waals surface area (Å²) >= 11 is 3.52. The van der Waals surface area contributed by atoms with Crippen LogP contribution in [0.15, 0.2) is 0 Å². The second-order valence-corrected chi connectivity index (χ2v) is 3.39. The lowest BCUT2D eigenvalue weighted by Crippen LogP contribution is -2.30. The van der Waals surface area contributed by atoms with Crippen molar-refractivity contribution in [3.63, 3.8) is 0 Å². The zero-order valence-corrected chi connectivity index (χ0v) is 8.61. The van der Waals surface area contributed by atoms with Gasteiger partial charge in [-0.25, -0.2) is 3.53 Å². The van der Waals surface area contributed by atoms with E-state index in [2.05, 4.69) is 3.53 Å². The van der Waals surface area contributed by atoms with E-state index in [1.165, 1.54) is 0 Å². The molecular formula is C5H10INO2S. The first-order valence-electron chi connectivity index (χ1n) is 2.80. The molecule has 5 heteroatoms. The minimum atomic E-state index is -0.775. The third-order valence-electron chi connectivity index (χ3n) is 1.04. The highest BCUT2D eigenvalue weighted by Crippen LogP contribution is 2.01. The van der Waals surface area contributed by atoms with Crippen LogP contribution in [0.25, 0.3) is 0 Å². The summed E-state index contributed by atoms with van der Waals surface area (Å²) in [5.41, 5.74) is 0. The molecule has 0 aromatic rings. The molecule has 0 aliphatic rings. The SMILES string of the molecule is CSCC[C@@H](NI)C(=O)O. The minimum Gasteiger partial charge on any atom is -0.480 e. The molecule has 3 nitrogen and oxygen atoms in total. The first-order chi connectivity index (χ1) is 4.72. The van der Waals surface area contributed by atoms with Gasteiger partial charge in [-0.2, -0.15) is 11.8 Å². The molecule has 0 fully saturated rings. The van der Waals surface area contributed by atoms with Crippen LogP contribution in [-0.4, -0.2) is 29.1 Å². The molecular weight excluding hydrogens is 265 g/mol. The maximum absolute atomic E-state index is 10.4. The highest BCUT2D eigenvalue weighted by molar-refractivity contribution is 14.1. The van der Waals surface area contributed by atoms with E-state index in [4.69, 9.17) is 5.11 Å². The Morgan fingerprint density at radius 2 is 2.50 bits per heavy atom. The average molecular weight is 275 g/mol. The number of aliphatic carboxylic acids is 1. The molecule has 10 heavy (non-hydrogen) atoms. The van der Waals surface area contributed by atoms with Gasteiger partial charge in [-0.1, -0.05) is 0 Å². The van der Waals surface area contributed by atoms with E-state index < -0.39 is 12.0 Å². The maximum Gasteiger partial charge on any atom is 0.321 e. The van der Waals surface area contributed by atoms with E-state index in [1.54, 1.807) is 11.8 Å². The maximum atomic E-state index is 10.4. The fourth-order valence-electron chi connectivity index (χ4n) is 0.460. The number of carbonyl (C=O) groups is 1. The van der Waals surface area contributed by atoms with Crippen LogP contribution in [0, 0.1) is 0 Å². The van der Waals surface area contributed by atoms with Gasteiger partial charge in [0.1, 0.15) is 6.04 Å². The highest BCUT2D eigenvalue weighted by atomic mass is 127. The van der Waals surface area contributed by atoms with Crippen LogP contribution < -0.4 is 3.53 Å². The Morgan fingerprint density at radius 3 is 2.80 bits per heavy atom. The molecule has 0 aliphatic heterocycles. The Balaban J connectivity index is 3.50. The van der Waals surface area contributed by atoms with E-state index in [1.807, 2.05) is 29.1 Å². The van der Waals surface area contributed by atoms with E-state index in [-0.39, 0.29) is 0 Å². The number of nitrogens with one attached hydrogen (secondary N) is 1. The molecule has 2 N–H and O–H groups in total. The Kier molecular flexibility index (Phi) is 6.55. The summed E-state index contributed by atoms with van der Waals surface area (Å²) < 4.78 is 2.69. The van der Waals surface area contributed by atoms with Crippen LogP contribution in [0.2, 0.25) is 0 Å². The highest BCUT2D eigenvalue weighted by Gasteiger charge is 2.13. The largest absolute Gasteiger partial charge is 0.480 e. The zero-order chi connectivity index (χ0) is 7.98. The van der Waals surface area contributed by atoms with Crippen LogP contribution in [0.4, 0.5) is 0 Å². The van der Waals surface area contributed by atoms with Crippen LogP contribution in [0.5, 0.6) is 0 Å². The van der Waals surface area contributed by atoms with Crippen molar-refractivity contribution in [1.82, 2.24) is 3.53 Å². The van der Waals surface area contributed by atoms with Crippen LogP contribution in [-0.2, 0) is 4.79 Å². The first kappa shape index (κ1) is 10.5. The van der Waals surface area contributed by atoms with Gasteiger partial charge in [-0.05, 0) is 18.4 Å². The Labute approximate surface area is 78.4 Å². The summed E-state index contributed by atoms with van der Waals surface area (Å²) in [4.78, 5) is 10.4. The third kappa shape index (κ3) is 4.35. The Morgan fingerprint density at radius 1 is 1.90 bits per heavy atom. The Hall–Kier alpha value is 0.510. The van der Waals surface area contributed by atoms with Crippen molar-refractivity contribution in [2.24, 2.45) is 0 Å². The number of halogens is 1. The lowest BCUT2D eigenvalue weighted by Gasteiger charge is -2.07. The van der Waals surface area contributed by atoms with Crippen molar-refractivity contribution in [2.45, 2.75) is 12.5 Å². The topological polar surface area (TPSA) is 49.3 Å². The third-order valence-corrected chi connectivity index (χ3v) is 2.44. The molecule has 60 valence electrons. The van der Waals surface area contributed by atoms with Crippen LogP contribution in [0.3, 0.4) is 0 Å². The molecule has 0 aromatic heterocycles. The van der Waals surface area contributed by atoms with E-state index in [0.717, 1.165) is 5.75 Å². The quantitative estimate of drug-likeness (QED) is 0.583. The van der Waals surface area contributed by atoms with Crippen molar-refractivity contribution in [3.05, 3.63) is 0 Å². The van der Waals surface area contributed by atoms with Crippen LogP contribution >= 0.6 is 34.6 Å². The smallest absolute Gasteiger partial charge is 0.321 e. The zero-order valence-electron chi connectivity index (χ0n) is 5.63. The van der Waals surface area contributed by atoms with Crippen molar-refractivity contribution < 1.29 is 9.90 Å². The molecule has 0 bridgehead atoms. The molecule has 0 heterocycles. The monoisotopic (exact) mass is 275 g/mol. The second-order valence-electron chi connectivity index (χ2n) is 1.78. The van der Waals surface area contributed by atoms with Gasteiger partial charge in [0.25, 0.3) is 0 Å². The van der Waals surface area contributed by atoms with E-state index in [9.17, 15) is 4.79 Å². The van der Waals surface area contributed by atoms with Crippen molar-refractivity contribution >= 4 is 40.6 Å². The fourth-order valence-corrected chi connectivity index (χ4v) is 1.51. The Bertz CT molecular complexity index is 112. The predicted octanol–water partition coefficient (Wildman–Crippen LogP) is 1.13. The van der Waals surface area contributed by atoms with E-state index >= 15 is 0 Å². The van der Waals surface area contributed by atoms with Crippen molar-refractivity contribution in [1.29, 1.82) is 0 Å². The van der Waals surface area contributed by atoms with E-state index in [0.29, 0.717) is 6.42 Å². The number of hydrogen-bond acceptors (Lipinski definition) is 3. The second kappa shape index (κ2) is 6.23. The van der Waals surface area contributed by atoms with Gasteiger partial charge in [0.05, 0.1) is 0 Å². The molecule has 0 spiro atoms. The van der Waals surface area contributed by atoms with Gasteiger partial charge in [-0.15, -0.1) is 0 Å². The summed E-state index contributed by atoms with van der Waals surface area (Å²) in [6.07, 6.45) is 2.64. The van der Waals surface area contributed by atoms with Crippen molar-refractivity contribution in [2.75, 3.05) is 12.0 Å². The molecule has 0 unspecified atom stereocenters. The molecule has 0 rings (SSSR count). The van der Waals surface area contributed by atoms with Gasteiger partial charge in [-0.3, -0.25) is 4.79 Å². The van der Waals surface area contributed by atoms with Gasteiger partial charge >= 0.3 is 5.97 Å². The number of carboxylic acid groups (broad SMARTS) is 1. The predicted molar refractivity (Wildman–Crippen MR) is 51.6 cm³/mol. The molecule has 0 saturated heterocycles. The summed E-state index contributed by atoms with van der Waals surface area (Å²) in [6, 6.07) is -0.395. The molecule has 0 amide bonds. The lowest BCUT2D eigenvalue weighted by molar-refractivity contribution is -0.138. The summed E-state index contributed by atoms with van der Waals surface area (Å²) in [5, 5.41) is 8.52. The average Bonchev–Trinajstić information content (AvgIpc) is 1.89. The summed E-state index contributed by atoms with van der Waals surface area (Å²) in [6.45, 7) is 0. The first-order valence-corrected chi connectivity index (χ1v) is 5.27. The minimum absolute atomic E-state index is 0.395. The molecule has 0 aliphatic carbocycles.